The number of hydrogen-bond donors (Lipinski definition) is 0. The molecule has 1 rings (SSSR count). The highest BCUT2D eigenvalue weighted by molar-refractivity contribution is 7.80. The highest BCUT2D eigenvalue weighted by Crippen LogP contribution is 2.21. The molecule has 3 heteroatoms. The number of ether oxygens (including phenoxy) is 2. The largest absolute Gasteiger partial charge is 0.484 e. The van der Waals surface area contributed by atoms with Crippen molar-refractivity contribution >= 4 is 17.3 Å². The molecule has 0 aromatic rings. The lowest BCUT2D eigenvalue weighted by Gasteiger charge is -2.31. The summed E-state index contributed by atoms with van der Waals surface area (Å²) in [5.74, 6) is 0. The van der Waals surface area contributed by atoms with Crippen molar-refractivity contribution in [3.05, 3.63) is 0 Å². The molecule has 2 nitrogen and oxygen atoms in total. The van der Waals surface area contributed by atoms with Gasteiger partial charge in [0.25, 0.3) is 0 Å². The molecule has 0 aromatic carbocycles. The van der Waals surface area contributed by atoms with Crippen molar-refractivity contribution < 1.29 is 9.47 Å². The summed E-state index contributed by atoms with van der Waals surface area (Å²) in [5.41, 5.74) is 0. The fraction of sp³-hybridized carbons (Fsp3) is 0.889. The highest BCUT2D eigenvalue weighted by atomic mass is 32.1. The van der Waals surface area contributed by atoms with Gasteiger partial charge in [-0.15, -0.1) is 0 Å². The molecule has 1 aliphatic rings. The number of rotatable bonds is 1. The molecule has 0 aromatic heterocycles. The lowest BCUT2D eigenvalue weighted by Crippen LogP contribution is -2.34. The maximum Gasteiger partial charge on any atom is 0.157 e. The average Bonchev–Trinajstić information content (AvgIpc) is 1.81. The molecule has 1 aliphatic heterocycles. The molecule has 0 radical (unpaired) electrons. The molecule has 0 bridgehead atoms. The van der Waals surface area contributed by atoms with Crippen LogP contribution in [0.2, 0.25) is 0 Å². The first-order valence-electron chi connectivity index (χ1n) is 4.40. The summed E-state index contributed by atoms with van der Waals surface area (Å²) in [4.78, 5) is 0. The molecule has 0 saturated carbocycles. The first-order chi connectivity index (χ1) is 5.58. The van der Waals surface area contributed by atoms with E-state index in [2.05, 4.69) is 13.8 Å². The van der Waals surface area contributed by atoms with E-state index in [1.54, 1.807) is 0 Å². The minimum atomic E-state index is 0.265. The lowest BCUT2D eigenvalue weighted by molar-refractivity contribution is -0.0746. The summed E-state index contributed by atoms with van der Waals surface area (Å²) in [5, 5.41) is 0.640. The zero-order valence-electron chi connectivity index (χ0n) is 7.87. The van der Waals surface area contributed by atoms with Gasteiger partial charge in [0.15, 0.2) is 5.05 Å². The third-order valence-electron chi connectivity index (χ3n) is 1.99. The lowest BCUT2D eigenvalue weighted by atomic mass is 10.0. The smallest absolute Gasteiger partial charge is 0.157 e. The fourth-order valence-electron chi connectivity index (χ4n) is 1.68. The minimum Gasteiger partial charge on any atom is -0.484 e. The van der Waals surface area contributed by atoms with Crippen LogP contribution in [0.1, 0.15) is 33.6 Å². The fourth-order valence-corrected chi connectivity index (χ4v) is 1.81. The minimum absolute atomic E-state index is 0.265. The summed E-state index contributed by atoms with van der Waals surface area (Å²) in [6.45, 7) is 5.97. The van der Waals surface area contributed by atoms with E-state index in [-0.39, 0.29) is 6.10 Å². The van der Waals surface area contributed by atoms with Crippen molar-refractivity contribution in [2.24, 2.45) is 0 Å². The Kier molecular flexibility index (Phi) is 3.47. The van der Waals surface area contributed by atoms with E-state index in [1.165, 1.54) is 0 Å². The summed E-state index contributed by atoms with van der Waals surface area (Å²) in [7, 11) is 0. The second-order valence-corrected chi connectivity index (χ2v) is 4.04. The Balaban J connectivity index is 2.38. The Morgan fingerprint density at radius 2 is 1.83 bits per heavy atom. The predicted molar refractivity (Wildman–Crippen MR) is 52.4 cm³/mol. The standard InChI is InChI=1S/C9H16O2S/c1-6-4-9(11-8(3)12)5-7(2)10-6/h6-7,9H,4-5H2,1-3H3. The van der Waals surface area contributed by atoms with Crippen molar-refractivity contribution in [3.63, 3.8) is 0 Å². The second kappa shape index (κ2) is 4.19. The molecule has 2 unspecified atom stereocenters. The van der Waals surface area contributed by atoms with E-state index in [1.807, 2.05) is 6.92 Å². The molecule has 1 heterocycles. The van der Waals surface area contributed by atoms with E-state index in [0.717, 1.165) is 12.8 Å². The number of thiocarbonyl (C=S) groups is 1. The molecule has 1 fully saturated rings. The average molecular weight is 188 g/mol. The van der Waals surface area contributed by atoms with Crippen LogP contribution in [0, 0.1) is 0 Å². The van der Waals surface area contributed by atoms with Gasteiger partial charge in [-0.3, -0.25) is 0 Å². The molecular weight excluding hydrogens is 172 g/mol. The summed E-state index contributed by atoms with van der Waals surface area (Å²) >= 11 is 4.89. The maximum absolute atomic E-state index is 5.57. The first-order valence-corrected chi connectivity index (χ1v) is 4.81. The molecule has 0 spiro atoms. The van der Waals surface area contributed by atoms with Gasteiger partial charge >= 0.3 is 0 Å². The van der Waals surface area contributed by atoms with Gasteiger partial charge in [0.05, 0.1) is 12.2 Å². The van der Waals surface area contributed by atoms with Gasteiger partial charge in [0.2, 0.25) is 0 Å². The van der Waals surface area contributed by atoms with Crippen LogP contribution in [0.25, 0.3) is 0 Å². The summed E-state index contributed by atoms with van der Waals surface area (Å²) in [6.07, 6.45) is 2.78. The van der Waals surface area contributed by atoms with E-state index in [9.17, 15) is 0 Å². The van der Waals surface area contributed by atoms with E-state index >= 15 is 0 Å². The van der Waals surface area contributed by atoms with Crippen molar-refractivity contribution in [2.75, 3.05) is 0 Å². The summed E-state index contributed by atoms with van der Waals surface area (Å²) < 4.78 is 11.1. The topological polar surface area (TPSA) is 18.5 Å². The molecule has 1 saturated heterocycles. The van der Waals surface area contributed by atoms with Gasteiger partial charge < -0.3 is 9.47 Å². The zero-order chi connectivity index (χ0) is 9.14. The van der Waals surface area contributed by atoms with Gasteiger partial charge in [-0.2, -0.15) is 0 Å². The van der Waals surface area contributed by atoms with Crippen LogP contribution in [0.15, 0.2) is 0 Å². The van der Waals surface area contributed by atoms with Gasteiger partial charge in [0.1, 0.15) is 6.10 Å². The van der Waals surface area contributed by atoms with Crippen LogP contribution in [-0.4, -0.2) is 23.4 Å². The van der Waals surface area contributed by atoms with Crippen molar-refractivity contribution in [1.82, 2.24) is 0 Å². The van der Waals surface area contributed by atoms with E-state index in [4.69, 9.17) is 21.7 Å². The predicted octanol–water partition coefficient (Wildman–Crippen LogP) is 2.31. The third-order valence-corrected chi connectivity index (χ3v) is 2.08. The van der Waals surface area contributed by atoms with Crippen LogP contribution in [0.4, 0.5) is 0 Å². The Morgan fingerprint density at radius 3 is 2.25 bits per heavy atom. The van der Waals surface area contributed by atoms with Crippen molar-refractivity contribution in [2.45, 2.75) is 51.9 Å². The Labute approximate surface area is 79.2 Å². The molecule has 0 N–H and O–H groups in total. The first kappa shape index (κ1) is 9.93. The van der Waals surface area contributed by atoms with Gasteiger partial charge in [-0.25, -0.2) is 0 Å². The monoisotopic (exact) mass is 188 g/mol. The van der Waals surface area contributed by atoms with E-state index in [0.29, 0.717) is 17.3 Å². The third kappa shape index (κ3) is 3.07. The van der Waals surface area contributed by atoms with Crippen LogP contribution in [0.3, 0.4) is 0 Å². The van der Waals surface area contributed by atoms with Crippen LogP contribution >= 0.6 is 12.2 Å². The highest BCUT2D eigenvalue weighted by Gasteiger charge is 2.25. The van der Waals surface area contributed by atoms with Crippen molar-refractivity contribution in [1.29, 1.82) is 0 Å². The Hall–Kier alpha value is -0.150. The molecule has 0 amide bonds. The molecule has 12 heavy (non-hydrogen) atoms. The SMILES string of the molecule is CC(=S)OC1CC(C)OC(C)C1. The normalized spacial score (nSPS) is 36.1. The van der Waals surface area contributed by atoms with Gasteiger partial charge in [-0.05, 0) is 26.1 Å². The quantitative estimate of drug-likeness (QED) is 0.588. The summed E-state index contributed by atoms with van der Waals surface area (Å²) in [6, 6.07) is 0. The molecule has 0 aliphatic carbocycles. The maximum atomic E-state index is 5.57. The molecule has 2 atom stereocenters. The van der Waals surface area contributed by atoms with Crippen molar-refractivity contribution in [3.8, 4) is 0 Å². The Morgan fingerprint density at radius 1 is 1.33 bits per heavy atom. The van der Waals surface area contributed by atoms with Gasteiger partial charge in [-0.1, -0.05) is 0 Å². The van der Waals surface area contributed by atoms with Crippen LogP contribution < -0.4 is 0 Å². The van der Waals surface area contributed by atoms with E-state index < -0.39 is 0 Å². The Bertz CT molecular complexity index is 160. The van der Waals surface area contributed by atoms with Crippen LogP contribution in [0.5, 0.6) is 0 Å². The van der Waals surface area contributed by atoms with Crippen LogP contribution in [-0.2, 0) is 9.47 Å². The second-order valence-electron chi connectivity index (χ2n) is 3.46. The van der Waals surface area contributed by atoms with Gasteiger partial charge in [0, 0.05) is 19.8 Å². The molecular formula is C9H16O2S. The molecule has 70 valence electrons. The number of hydrogen-bond acceptors (Lipinski definition) is 3. The zero-order valence-corrected chi connectivity index (χ0v) is 8.69.